The van der Waals surface area contributed by atoms with Gasteiger partial charge in [-0.1, -0.05) is 31.5 Å². The largest absolute Gasteiger partial charge is 0.481 e. The molecule has 1 saturated carbocycles. The van der Waals surface area contributed by atoms with Gasteiger partial charge in [0.15, 0.2) is 5.16 Å². The molecule has 106 valence electrons. The highest BCUT2D eigenvalue weighted by molar-refractivity contribution is 7.99. The lowest BCUT2D eigenvalue weighted by molar-refractivity contribution is -0.133. The van der Waals surface area contributed by atoms with Crippen LogP contribution in [-0.2, 0) is 11.3 Å². The Kier molecular flexibility index (Phi) is 4.91. The molecular weight excluding hydrogens is 260 g/mol. The summed E-state index contributed by atoms with van der Waals surface area (Å²) < 4.78 is 2.14. The van der Waals surface area contributed by atoms with Crippen molar-refractivity contribution in [3.8, 4) is 0 Å². The molecule has 0 amide bonds. The molecule has 4 nitrogen and oxygen atoms in total. The van der Waals surface area contributed by atoms with Crippen LogP contribution in [-0.4, -0.2) is 26.4 Å². The van der Waals surface area contributed by atoms with Crippen LogP contribution in [0.4, 0.5) is 0 Å². The predicted octanol–water partition coefficient (Wildman–Crippen LogP) is 3.19. The van der Waals surface area contributed by atoms with Crippen molar-refractivity contribution in [2.45, 2.75) is 51.2 Å². The smallest absolute Gasteiger partial charge is 0.313 e. The molecule has 0 unspecified atom stereocenters. The molecule has 1 N–H and O–H groups in total. The third kappa shape index (κ3) is 4.27. The summed E-state index contributed by atoms with van der Waals surface area (Å²) in [4.78, 5) is 15.1. The Balaban J connectivity index is 1.97. The van der Waals surface area contributed by atoms with Crippen molar-refractivity contribution in [2.75, 3.05) is 5.75 Å². The molecule has 5 heteroatoms. The molecule has 0 spiro atoms. The molecule has 1 fully saturated rings. The number of aromatic nitrogens is 2. The molecule has 1 aliphatic carbocycles. The molecule has 2 rings (SSSR count). The van der Waals surface area contributed by atoms with Gasteiger partial charge in [-0.05, 0) is 31.6 Å². The minimum Gasteiger partial charge on any atom is -0.481 e. The van der Waals surface area contributed by atoms with Crippen LogP contribution in [0.3, 0.4) is 0 Å². The fourth-order valence-electron chi connectivity index (χ4n) is 2.69. The second kappa shape index (κ2) is 6.46. The van der Waals surface area contributed by atoms with Crippen molar-refractivity contribution in [3.63, 3.8) is 0 Å². The van der Waals surface area contributed by atoms with E-state index in [0.717, 1.165) is 23.3 Å². The van der Waals surface area contributed by atoms with Gasteiger partial charge in [0.1, 0.15) is 0 Å². The number of carboxylic acid groups (broad SMARTS) is 1. The third-order valence-corrected chi connectivity index (χ3v) is 4.75. The van der Waals surface area contributed by atoms with E-state index >= 15 is 0 Å². The quantitative estimate of drug-likeness (QED) is 0.843. The van der Waals surface area contributed by atoms with Gasteiger partial charge in [-0.25, -0.2) is 4.98 Å². The molecule has 1 aromatic heterocycles. The van der Waals surface area contributed by atoms with Gasteiger partial charge in [0.25, 0.3) is 0 Å². The SMILES string of the molecule is Cc1cn(CC2CCC(C)CC2)c(SCC(=O)O)n1. The second-order valence-electron chi connectivity index (χ2n) is 5.63. The van der Waals surface area contributed by atoms with E-state index in [2.05, 4.69) is 16.5 Å². The van der Waals surface area contributed by atoms with E-state index in [4.69, 9.17) is 5.11 Å². The van der Waals surface area contributed by atoms with Gasteiger partial charge in [-0.15, -0.1) is 0 Å². The summed E-state index contributed by atoms with van der Waals surface area (Å²) in [6, 6.07) is 0. The van der Waals surface area contributed by atoms with Crippen molar-refractivity contribution in [1.82, 2.24) is 9.55 Å². The summed E-state index contributed by atoms with van der Waals surface area (Å²) in [6.07, 6.45) is 7.23. The molecule has 1 aromatic rings. The number of hydrogen-bond acceptors (Lipinski definition) is 3. The topological polar surface area (TPSA) is 55.1 Å². The van der Waals surface area contributed by atoms with Gasteiger partial charge in [0.2, 0.25) is 0 Å². The average Bonchev–Trinajstić information content (AvgIpc) is 2.70. The minimum atomic E-state index is -0.788. The first-order chi connectivity index (χ1) is 9.04. The van der Waals surface area contributed by atoms with E-state index in [1.54, 1.807) is 0 Å². The Morgan fingerprint density at radius 3 is 2.79 bits per heavy atom. The van der Waals surface area contributed by atoms with Crippen LogP contribution in [0.2, 0.25) is 0 Å². The van der Waals surface area contributed by atoms with Crippen molar-refractivity contribution >= 4 is 17.7 Å². The number of imidazole rings is 1. The van der Waals surface area contributed by atoms with Crippen molar-refractivity contribution < 1.29 is 9.90 Å². The number of hydrogen-bond donors (Lipinski definition) is 1. The summed E-state index contributed by atoms with van der Waals surface area (Å²) in [5.74, 6) is 0.873. The van der Waals surface area contributed by atoms with Gasteiger partial charge in [-0.3, -0.25) is 4.79 Å². The van der Waals surface area contributed by atoms with Crippen molar-refractivity contribution in [3.05, 3.63) is 11.9 Å². The molecule has 1 heterocycles. The molecule has 0 bridgehead atoms. The molecule has 0 radical (unpaired) electrons. The standard InChI is InChI=1S/C14H22N2O2S/c1-10-3-5-12(6-4-10)8-16-7-11(2)15-14(16)19-9-13(17)18/h7,10,12H,3-6,8-9H2,1-2H3,(H,17,18). The van der Waals surface area contributed by atoms with Crippen LogP contribution in [0.1, 0.15) is 38.3 Å². The molecule has 0 saturated heterocycles. The van der Waals surface area contributed by atoms with E-state index in [0.29, 0.717) is 5.92 Å². The summed E-state index contributed by atoms with van der Waals surface area (Å²) >= 11 is 1.32. The molecule has 0 aliphatic heterocycles. The fourth-order valence-corrected chi connectivity index (χ4v) is 3.44. The number of thioether (sulfide) groups is 1. The molecule has 0 atom stereocenters. The normalized spacial score (nSPS) is 23.5. The maximum atomic E-state index is 10.7. The number of nitrogens with zero attached hydrogens (tertiary/aromatic N) is 2. The molecule has 1 aliphatic rings. The van der Waals surface area contributed by atoms with Crippen LogP contribution >= 0.6 is 11.8 Å². The Morgan fingerprint density at radius 1 is 1.47 bits per heavy atom. The first-order valence-electron chi connectivity index (χ1n) is 6.93. The summed E-state index contributed by atoms with van der Waals surface area (Å²) in [5, 5.41) is 9.61. The summed E-state index contributed by atoms with van der Waals surface area (Å²) in [6.45, 7) is 5.27. The average molecular weight is 282 g/mol. The number of aryl methyl sites for hydroxylation is 1. The highest BCUT2D eigenvalue weighted by Crippen LogP contribution is 2.30. The highest BCUT2D eigenvalue weighted by Gasteiger charge is 2.20. The van der Waals surface area contributed by atoms with Crippen molar-refractivity contribution in [1.29, 1.82) is 0 Å². The van der Waals surface area contributed by atoms with Gasteiger partial charge in [0.05, 0.1) is 11.4 Å². The van der Waals surface area contributed by atoms with Crippen LogP contribution in [0.25, 0.3) is 0 Å². The van der Waals surface area contributed by atoms with Crippen LogP contribution < -0.4 is 0 Å². The Hall–Kier alpha value is -0.970. The summed E-state index contributed by atoms with van der Waals surface area (Å²) in [7, 11) is 0. The number of carboxylic acids is 1. The fraction of sp³-hybridized carbons (Fsp3) is 0.714. The van der Waals surface area contributed by atoms with Crippen LogP contribution in [0, 0.1) is 18.8 Å². The van der Waals surface area contributed by atoms with E-state index in [9.17, 15) is 4.79 Å². The lowest BCUT2D eigenvalue weighted by Gasteiger charge is -2.26. The first kappa shape index (κ1) is 14.4. The predicted molar refractivity (Wildman–Crippen MR) is 76.4 cm³/mol. The minimum absolute atomic E-state index is 0.0815. The van der Waals surface area contributed by atoms with Gasteiger partial charge < -0.3 is 9.67 Å². The first-order valence-corrected chi connectivity index (χ1v) is 7.91. The van der Waals surface area contributed by atoms with Gasteiger partial charge in [-0.2, -0.15) is 0 Å². The lowest BCUT2D eigenvalue weighted by atomic mass is 9.83. The Labute approximate surface area is 118 Å². The highest BCUT2D eigenvalue weighted by atomic mass is 32.2. The van der Waals surface area contributed by atoms with Gasteiger partial charge in [0, 0.05) is 12.7 Å². The maximum absolute atomic E-state index is 10.7. The number of carbonyl (C=O) groups is 1. The Morgan fingerprint density at radius 2 is 2.16 bits per heavy atom. The second-order valence-corrected chi connectivity index (χ2v) is 6.57. The maximum Gasteiger partial charge on any atom is 0.313 e. The monoisotopic (exact) mass is 282 g/mol. The van der Waals surface area contributed by atoms with E-state index in [1.165, 1.54) is 37.4 Å². The zero-order chi connectivity index (χ0) is 13.8. The zero-order valence-electron chi connectivity index (χ0n) is 11.6. The molecular formula is C14H22N2O2S. The zero-order valence-corrected chi connectivity index (χ0v) is 12.4. The van der Waals surface area contributed by atoms with E-state index in [1.807, 2.05) is 13.1 Å². The Bertz CT molecular complexity index is 437. The van der Waals surface area contributed by atoms with Crippen molar-refractivity contribution in [2.24, 2.45) is 11.8 Å². The molecule has 19 heavy (non-hydrogen) atoms. The van der Waals surface area contributed by atoms with Crippen LogP contribution in [0.5, 0.6) is 0 Å². The molecule has 0 aromatic carbocycles. The van der Waals surface area contributed by atoms with Gasteiger partial charge >= 0.3 is 5.97 Å². The summed E-state index contributed by atoms with van der Waals surface area (Å²) in [5.41, 5.74) is 0.970. The van der Waals surface area contributed by atoms with E-state index < -0.39 is 5.97 Å². The number of aliphatic carboxylic acids is 1. The van der Waals surface area contributed by atoms with E-state index in [-0.39, 0.29) is 5.75 Å². The number of rotatable bonds is 5. The lowest BCUT2D eigenvalue weighted by Crippen LogP contribution is -2.18. The van der Waals surface area contributed by atoms with Crippen LogP contribution in [0.15, 0.2) is 11.4 Å². The third-order valence-electron chi connectivity index (χ3n) is 3.78.